The number of hydrogen-bond donors (Lipinski definition) is 1. The fraction of sp³-hybridized carbons (Fsp3) is 0.412. The number of amides is 1. The van der Waals surface area contributed by atoms with E-state index in [1.807, 2.05) is 43.9 Å². The predicted octanol–water partition coefficient (Wildman–Crippen LogP) is 1.63. The van der Waals surface area contributed by atoms with Gasteiger partial charge in [-0.15, -0.1) is 0 Å². The Morgan fingerprint density at radius 2 is 2.21 bits per heavy atom. The lowest BCUT2D eigenvalue weighted by Gasteiger charge is -2.24. The smallest absolute Gasteiger partial charge is 0.223 e. The fourth-order valence-electron chi connectivity index (χ4n) is 3.16. The first-order chi connectivity index (χ1) is 11.5. The molecule has 0 spiro atoms. The van der Waals surface area contributed by atoms with E-state index in [1.165, 1.54) is 0 Å². The van der Waals surface area contributed by atoms with E-state index in [1.54, 1.807) is 11.1 Å². The molecule has 124 valence electrons. The summed E-state index contributed by atoms with van der Waals surface area (Å²) in [6.45, 7) is 2.45. The van der Waals surface area contributed by atoms with Gasteiger partial charge in [-0.2, -0.15) is 5.26 Å². The zero-order valence-electron chi connectivity index (χ0n) is 14.0. The summed E-state index contributed by atoms with van der Waals surface area (Å²) in [7, 11) is 3.75. The summed E-state index contributed by atoms with van der Waals surface area (Å²) < 4.78 is 1.95. The zero-order valence-corrected chi connectivity index (χ0v) is 14.0. The van der Waals surface area contributed by atoms with Gasteiger partial charge in [0.25, 0.3) is 0 Å². The van der Waals surface area contributed by atoms with Gasteiger partial charge in [-0.3, -0.25) is 4.79 Å². The van der Waals surface area contributed by atoms with E-state index in [2.05, 4.69) is 21.4 Å². The number of likely N-dealkylation sites (tertiary alicyclic amines) is 1. The zero-order chi connectivity index (χ0) is 17.3. The summed E-state index contributed by atoms with van der Waals surface area (Å²) in [5.74, 6) is 1.74. The molecule has 3 rings (SSSR count). The number of carbonyl (C=O) groups is 1. The molecule has 3 heterocycles. The topological polar surface area (TPSA) is 86.8 Å². The number of nitrogens with one attached hydrogen (secondary N) is 1. The van der Waals surface area contributed by atoms with E-state index in [0.29, 0.717) is 24.5 Å². The number of aromatic nitrogens is 3. The maximum atomic E-state index is 12.2. The number of carbonyl (C=O) groups excluding carboxylic acids is 1. The number of nitrogens with zero attached hydrogens (tertiary/aromatic N) is 5. The molecule has 0 saturated carbocycles. The first-order valence-corrected chi connectivity index (χ1v) is 7.85. The first-order valence-electron chi connectivity index (χ1n) is 7.85. The van der Waals surface area contributed by atoms with Crippen molar-refractivity contribution in [1.82, 2.24) is 19.4 Å². The largest absolute Gasteiger partial charge is 0.370 e. The molecule has 2 aromatic heterocycles. The van der Waals surface area contributed by atoms with Crippen molar-refractivity contribution in [3.8, 4) is 6.07 Å². The maximum absolute atomic E-state index is 12.2. The summed E-state index contributed by atoms with van der Waals surface area (Å²) in [5, 5.41) is 12.3. The summed E-state index contributed by atoms with van der Waals surface area (Å²) in [6, 6.07) is 5.75. The maximum Gasteiger partial charge on any atom is 0.223 e. The van der Waals surface area contributed by atoms with E-state index < -0.39 is 0 Å². The number of rotatable bonds is 4. The minimum atomic E-state index is -0.0640. The molecule has 24 heavy (non-hydrogen) atoms. The second-order valence-electron chi connectivity index (χ2n) is 6.16. The SMILES string of the molecule is Cc1ccc(NC[C@@H]2CC(=O)N(C)[C@H]2c2nccn2C)nc1C#N. The molecule has 2 aromatic rings. The highest BCUT2D eigenvalue weighted by molar-refractivity contribution is 5.79. The van der Waals surface area contributed by atoms with E-state index in [0.717, 1.165) is 11.4 Å². The molecule has 1 fully saturated rings. The van der Waals surface area contributed by atoms with Crippen molar-refractivity contribution < 1.29 is 4.79 Å². The van der Waals surface area contributed by atoms with E-state index in [4.69, 9.17) is 5.26 Å². The van der Waals surface area contributed by atoms with Crippen LogP contribution in [0.5, 0.6) is 0 Å². The molecule has 1 saturated heterocycles. The highest BCUT2D eigenvalue weighted by Gasteiger charge is 2.40. The monoisotopic (exact) mass is 324 g/mol. The second-order valence-corrected chi connectivity index (χ2v) is 6.16. The molecule has 0 aromatic carbocycles. The first kappa shape index (κ1) is 16.0. The van der Waals surface area contributed by atoms with Crippen molar-refractivity contribution in [3.63, 3.8) is 0 Å². The van der Waals surface area contributed by atoms with Gasteiger partial charge in [-0.25, -0.2) is 9.97 Å². The van der Waals surface area contributed by atoms with Crippen LogP contribution < -0.4 is 5.32 Å². The van der Waals surface area contributed by atoms with Gasteiger partial charge < -0.3 is 14.8 Å². The van der Waals surface area contributed by atoms with Crippen LogP contribution in [0.25, 0.3) is 0 Å². The molecular formula is C17H20N6O. The van der Waals surface area contributed by atoms with Crippen molar-refractivity contribution in [3.05, 3.63) is 41.6 Å². The number of imidazole rings is 1. The van der Waals surface area contributed by atoms with Crippen LogP contribution in [0.2, 0.25) is 0 Å². The normalized spacial score (nSPS) is 20.2. The van der Waals surface area contributed by atoms with Gasteiger partial charge in [0, 0.05) is 45.4 Å². The standard InChI is InChI=1S/C17H20N6O/c1-11-4-5-14(21-13(11)9-18)20-10-12-8-15(24)23(3)16(12)17-19-6-7-22(17)2/h4-7,12,16H,8,10H2,1-3H3,(H,20,21)/t12-,16+/m0/s1. The van der Waals surface area contributed by atoms with Crippen LogP contribution in [-0.2, 0) is 11.8 Å². The Morgan fingerprint density at radius 3 is 2.88 bits per heavy atom. The second kappa shape index (κ2) is 6.32. The molecule has 0 unspecified atom stereocenters. The molecule has 0 aliphatic carbocycles. The van der Waals surface area contributed by atoms with Crippen LogP contribution in [0.1, 0.15) is 29.5 Å². The van der Waals surface area contributed by atoms with Crippen molar-refractivity contribution in [2.45, 2.75) is 19.4 Å². The molecule has 7 heteroatoms. The summed E-state index contributed by atoms with van der Waals surface area (Å²) >= 11 is 0. The Bertz CT molecular complexity index is 806. The van der Waals surface area contributed by atoms with Gasteiger partial charge in [0.1, 0.15) is 23.4 Å². The van der Waals surface area contributed by atoms with Crippen LogP contribution in [0.3, 0.4) is 0 Å². The molecule has 1 N–H and O–H groups in total. The molecule has 1 aliphatic heterocycles. The molecule has 1 amide bonds. The number of anilines is 1. The van der Waals surface area contributed by atoms with Crippen molar-refractivity contribution in [2.24, 2.45) is 13.0 Å². The fourth-order valence-corrected chi connectivity index (χ4v) is 3.16. The van der Waals surface area contributed by atoms with Gasteiger partial charge in [0.2, 0.25) is 5.91 Å². The lowest BCUT2D eigenvalue weighted by molar-refractivity contribution is -0.127. The molecule has 2 atom stereocenters. The summed E-state index contributed by atoms with van der Waals surface area (Å²) in [4.78, 5) is 22.6. The molecular weight excluding hydrogens is 304 g/mol. The average Bonchev–Trinajstić information content (AvgIpc) is 3.10. The number of hydrogen-bond acceptors (Lipinski definition) is 5. The van der Waals surface area contributed by atoms with Gasteiger partial charge in [0.15, 0.2) is 0 Å². The van der Waals surface area contributed by atoms with Crippen molar-refractivity contribution >= 4 is 11.7 Å². The number of pyridine rings is 1. The van der Waals surface area contributed by atoms with Gasteiger partial charge in [0.05, 0.1) is 6.04 Å². The predicted molar refractivity (Wildman–Crippen MR) is 89.0 cm³/mol. The Kier molecular flexibility index (Phi) is 4.21. The van der Waals surface area contributed by atoms with E-state index >= 15 is 0 Å². The van der Waals surface area contributed by atoms with Crippen LogP contribution in [0, 0.1) is 24.2 Å². The molecule has 1 aliphatic rings. The Hall–Kier alpha value is -2.88. The minimum Gasteiger partial charge on any atom is -0.370 e. The summed E-state index contributed by atoms with van der Waals surface area (Å²) in [6.07, 6.45) is 4.10. The number of aryl methyl sites for hydroxylation is 2. The third kappa shape index (κ3) is 2.83. The average molecular weight is 324 g/mol. The van der Waals surface area contributed by atoms with Crippen molar-refractivity contribution in [1.29, 1.82) is 5.26 Å². The lowest BCUT2D eigenvalue weighted by Crippen LogP contribution is -2.28. The minimum absolute atomic E-state index is 0.0640. The third-order valence-electron chi connectivity index (χ3n) is 4.57. The van der Waals surface area contributed by atoms with Crippen LogP contribution in [0.4, 0.5) is 5.82 Å². The van der Waals surface area contributed by atoms with Crippen LogP contribution in [-0.4, -0.2) is 38.9 Å². The molecule has 0 bridgehead atoms. The summed E-state index contributed by atoms with van der Waals surface area (Å²) in [5.41, 5.74) is 1.27. The third-order valence-corrected chi connectivity index (χ3v) is 4.57. The van der Waals surface area contributed by atoms with Crippen LogP contribution in [0.15, 0.2) is 24.5 Å². The van der Waals surface area contributed by atoms with Crippen LogP contribution >= 0.6 is 0 Å². The lowest BCUT2D eigenvalue weighted by atomic mass is 9.99. The van der Waals surface area contributed by atoms with Gasteiger partial charge in [-0.05, 0) is 18.6 Å². The molecule has 7 nitrogen and oxygen atoms in total. The Labute approximate surface area is 140 Å². The Morgan fingerprint density at radius 1 is 1.42 bits per heavy atom. The van der Waals surface area contributed by atoms with Crippen molar-refractivity contribution in [2.75, 3.05) is 18.9 Å². The highest BCUT2D eigenvalue weighted by Crippen LogP contribution is 2.36. The van der Waals surface area contributed by atoms with E-state index in [-0.39, 0.29) is 17.9 Å². The van der Waals surface area contributed by atoms with Gasteiger partial charge in [-0.1, -0.05) is 6.07 Å². The highest BCUT2D eigenvalue weighted by atomic mass is 16.2. The Balaban J connectivity index is 1.77. The molecule has 0 radical (unpaired) electrons. The number of nitriles is 1. The quantitative estimate of drug-likeness (QED) is 0.923. The van der Waals surface area contributed by atoms with Gasteiger partial charge >= 0.3 is 0 Å². The van der Waals surface area contributed by atoms with E-state index in [9.17, 15) is 4.79 Å².